The fraction of sp³-hybridized carbons (Fsp3) is 0.882. The van der Waals surface area contributed by atoms with Crippen molar-refractivity contribution in [2.75, 3.05) is 66.9 Å². The largest absolute Gasteiger partial charge is 0.382 e. The topological polar surface area (TPSA) is 91.1 Å². The van der Waals surface area contributed by atoms with E-state index in [1.54, 1.807) is 12.0 Å². The van der Waals surface area contributed by atoms with Crippen LogP contribution in [-0.4, -0.2) is 91.1 Å². The zero-order valence-corrected chi connectivity index (χ0v) is 17.8. The number of ether oxygens (including phenoxy) is 3. The molecular formula is C17H36BN2O5P. The SMILES string of the molecule is CN.[B]CCCC(=O)N(CC(=O)PC)CC(C)COCCOCCOC. The first-order chi connectivity index (χ1) is 12.5. The van der Waals surface area contributed by atoms with Crippen molar-refractivity contribution in [3.8, 4) is 0 Å². The van der Waals surface area contributed by atoms with Gasteiger partial charge < -0.3 is 24.8 Å². The lowest BCUT2D eigenvalue weighted by Crippen LogP contribution is -2.38. The maximum Gasteiger partial charge on any atom is 0.222 e. The van der Waals surface area contributed by atoms with E-state index in [0.29, 0.717) is 58.7 Å². The normalized spacial score (nSPS) is 11.9. The predicted molar refractivity (Wildman–Crippen MR) is 108 cm³/mol. The summed E-state index contributed by atoms with van der Waals surface area (Å²) >= 11 is 0. The average Bonchev–Trinajstić information content (AvgIpc) is 2.66. The fourth-order valence-corrected chi connectivity index (χ4v) is 2.34. The quantitative estimate of drug-likeness (QED) is 0.239. The van der Waals surface area contributed by atoms with E-state index in [-0.39, 0.29) is 32.5 Å². The summed E-state index contributed by atoms with van der Waals surface area (Å²) in [5, 5.41) is 0. The molecule has 2 atom stereocenters. The third-order valence-electron chi connectivity index (χ3n) is 3.30. The highest BCUT2D eigenvalue weighted by Gasteiger charge is 2.18. The van der Waals surface area contributed by atoms with Crippen molar-refractivity contribution in [1.82, 2.24) is 4.90 Å². The van der Waals surface area contributed by atoms with E-state index < -0.39 is 0 Å². The summed E-state index contributed by atoms with van der Waals surface area (Å²) in [6, 6.07) is 0. The van der Waals surface area contributed by atoms with Crippen LogP contribution in [0, 0.1) is 5.92 Å². The Morgan fingerprint density at radius 1 is 1.15 bits per heavy atom. The number of nitrogens with two attached hydrogens (primary N) is 1. The third kappa shape index (κ3) is 16.9. The van der Waals surface area contributed by atoms with Crippen molar-refractivity contribution in [2.45, 2.75) is 26.1 Å². The van der Waals surface area contributed by atoms with E-state index >= 15 is 0 Å². The standard InChI is InChI=1S/C16H31BNO5P.CH5N/c1-14(13-23-10-9-22-8-7-21-2)11-18(12-16(20)24-3)15(19)5-4-6-17;1-2/h14,24H,4-13H2,1-3H3;2H2,1H3. The van der Waals surface area contributed by atoms with E-state index in [9.17, 15) is 9.59 Å². The summed E-state index contributed by atoms with van der Waals surface area (Å²) in [6.45, 7) is 7.22. The van der Waals surface area contributed by atoms with Crippen LogP contribution in [0.15, 0.2) is 0 Å². The molecule has 0 fully saturated rings. The van der Waals surface area contributed by atoms with Crippen LogP contribution in [0.2, 0.25) is 6.32 Å². The first-order valence-corrected chi connectivity index (χ1v) is 10.5. The van der Waals surface area contributed by atoms with E-state index in [1.165, 1.54) is 7.05 Å². The number of carbonyl (C=O) groups excluding carboxylic acids is 2. The van der Waals surface area contributed by atoms with Crippen LogP contribution in [0.1, 0.15) is 19.8 Å². The molecule has 0 aromatic heterocycles. The zero-order valence-electron chi connectivity index (χ0n) is 16.8. The Morgan fingerprint density at radius 3 is 2.35 bits per heavy atom. The molecule has 0 rings (SSSR count). The van der Waals surface area contributed by atoms with Gasteiger partial charge in [-0.05, 0) is 19.6 Å². The van der Waals surface area contributed by atoms with E-state index in [0.717, 1.165) is 0 Å². The highest BCUT2D eigenvalue weighted by Crippen LogP contribution is 2.11. The molecule has 7 nitrogen and oxygen atoms in total. The highest BCUT2D eigenvalue weighted by atomic mass is 31.1. The van der Waals surface area contributed by atoms with Gasteiger partial charge in [0.05, 0.1) is 47.4 Å². The van der Waals surface area contributed by atoms with Crippen molar-refractivity contribution in [1.29, 1.82) is 0 Å². The first kappa shape index (κ1) is 27.7. The molecule has 26 heavy (non-hydrogen) atoms. The summed E-state index contributed by atoms with van der Waals surface area (Å²) < 4.78 is 15.8. The van der Waals surface area contributed by atoms with Gasteiger partial charge in [0.25, 0.3) is 0 Å². The first-order valence-electron chi connectivity index (χ1n) is 8.95. The van der Waals surface area contributed by atoms with Crippen molar-refractivity contribution < 1.29 is 23.8 Å². The Morgan fingerprint density at radius 2 is 1.77 bits per heavy atom. The van der Waals surface area contributed by atoms with E-state index in [2.05, 4.69) is 5.73 Å². The molecule has 0 saturated carbocycles. The Labute approximate surface area is 161 Å². The minimum atomic E-state index is -0.0122. The molecule has 0 aliphatic heterocycles. The summed E-state index contributed by atoms with van der Waals surface area (Å²) in [7, 11) is 8.79. The van der Waals surface area contributed by atoms with Crippen LogP contribution in [0.4, 0.5) is 0 Å². The molecule has 0 aliphatic rings. The minimum absolute atomic E-state index is 0.0122. The van der Waals surface area contributed by atoms with Gasteiger partial charge in [0.1, 0.15) is 0 Å². The molecule has 9 heteroatoms. The Bertz CT molecular complexity index is 351. The number of amides is 1. The maximum absolute atomic E-state index is 12.2. The average molecular weight is 390 g/mol. The molecule has 0 saturated heterocycles. The lowest BCUT2D eigenvalue weighted by molar-refractivity contribution is -0.134. The smallest absolute Gasteiger partial charge is 0.222 e. The van der Waals surface area contributed by atoms with Gasteiger partial charge in [-0.25, -0.2) is 0 Å². The number of nitrogens with zero attached hydrogens (tertiary/aromatic N) is 1. The third-order valence-corrected chi connectivity index (χ3v) is 4.01. The molecule has 2 N–H and O–H groups in total. The minimum Gasteiger partial charge on any atom is -0.382 e. The Kier molecular flexibility index (Phi) is 22.1. The van der Waals surface area contributed by atoms with Gasteiger partial charge in [-0.2, -0.15) is 0 Å². The Hall–Kier alpha value is -0.525. The van der Waals surface area contributed by atoms with E-state index in [4.69, 9.17) is 22.1 Å². The number of rotatable bonds is 16. The summed E-state index contributed by atoms with van der Waals surface area (Å²) in [4.78, 5) is 25.6. The lowest BCUT2D eigenvalue weighted by Gasteiger charge is -2.25. The molecule has 0 aliphatic carbocycles. The van der Waals surface area contributed by atoms with Crippen molar-refractivity contribution >= 4 is 27.9 Å². The van der Waals surface area contributed by atoms with Gasteiger partial charge in [-0.1, -0.05) is 28.2 Å². The zero-order chi connectivity index (χ0) is 20.2. The molecular weight excluding hydrogens is 354 g/mol. The summed E-state index contributed by atoms with van der Waals surface area (Å²) in [5.74, 6) is 0.139. The molecule has 2 radical (unpaired) electrons. The summed E-state index contributed by atoms with van der Waals surface area (Å²) in [6.07, 6.45) is 1.50. The molecule has 0 spiro atoms. The van der Waals surface area contributed by atoms with Crippen molar-refractivity contribution in [2.24, 2.45) is 11.7 Å². The molecule has 0 heterocycles. The van der Waals surface area contributed by atoms with Gasteiger partial charge in [0, 0.05) is 20.1 Å². The summed E-state index contributed by atoms with van der Waals surface area (Å²) in [5.41, 5.74) is 4.59. The second-order valence-corrected chi connectivity index (χ2v) is 6.68. The van der Waals surface area contributed by atoms with Crippen molar-refractivity contribution in [3.05, 3.63) is 0 Å². The number of hydrogen-bond donors (Lipinski definition) is 1. The highest BCUT2D eigenvalue weighted by molar-refractivity contribution is 7.57. The molecule has 0 bridgehead atoms. The van der Waals surface area contributed by atoms with Gasteiger partial charge in [-0.15, -0.1) is 0 Å². The molecule has 152 valence electrons. The van der Waals surface area contributed by atoms with Crippen LogP contribution in [-0.2, 0) is 23.8 Å². The monoisotopic (exact) mass is 390 g/mol. The fourth-order valence-electron chi connectivity index (χ4n) is 1.99. The van der Waals surface area contributed by atoms with E-state index in [1.807, 2.05) is 13.6 Å². The molecule has 0 aromatic rings. The van der Waals surface area contributed by atoms with Gasteiger partial charge in [-0.3, -0.25) is 9.59 Å². The van der Waals surface area contributed by atoms with Crippen LogP contribution in [0.25, 0.3) is 0 Å². The molecule has 0 aromatic carbocycles. The van der Waals surface area contributed by atoms with Crippen LogP contribution in [0.5, 0.6) is 0 Å². The van der Waals surface area contributed by atoms with Gasteiger partial charge in [0.15, 0.2) is 5.52 Å². The molecule has 2 unspecified atom stereocenters. The van der Waals surface area contributed by atoms with Crippen LogP contribution < -0.4 is 5.73 Å². The van der Waals surface area contributed by atoms with Crippen LogP contribution in [0.3, 0.4) is 0 Å². The van der Waals surface area contributed by atoms with Gasteiger partial charge >= 0.3 is 0 Å². The number of carbonyl (C=O) groups is 2. The predicted octanol–water partition coefficient (Wildman–Crippen LogP) is 0.908. The Balaban J connectivity index is 0. The second-order valence-electron chi connectivity index (χ2n) is 5.62. The van der Waals surface area contributed by atoms with Crippen LogP contribution >= 0.6 is 8.58 Å². The van der Waals surface area contributed by atoms with Crippen molar-refractivity contribution in [3.63, 3.8) is 0 Å². The maximum atomic E-state index is 12.2. The molecule has 1 amide bonds. The lowest BCUT2D eigenvalue weighted by atomic mass is 10.00. The van der Waals surface area contributed by atoms with Gasteiger partial charge in [0.2, 0.25) is 5.91 Å². The second kappa shape index (κ2) is 20.8. The number of hydrogen-bond acceptors (Lipinski definition) is 6. The number of methoxy groups -OCH3 is 1.